The van der Waals surface area contributed by atoms with Crippen molar-refractivity contribution in [2.45, 2.75) is 76.5 Å². The monoisotopic (exact) mass is 562 g/mol. The number of aliphatic carboxylic acids is 1. The van der Waals surface area contributed by atoms with Crippen LogP contribution >= 0.6 is 0 Å². The third-order valence-electron chi connectivity index (χ3n) is 5.85. The largest absolute Gasteiger partial charge is 0.480 e. The number of carboxylic acid groups (broad SMARTS) is 1. The molecule has 1 aromatic rings. The fraction of sp³-hybridized carbons (Fsp3) is 0.538. The van der Waals surface area contributed by atoms with E-state index >= 15 is 0 Å². The molecule has 0 aliphatic carbocycles. The van der Waals surface area contributed by atoms with Crippen LogP contribution in [0.3, 0.4) is 0 Å². The minimum atomic E-state index is -1.37. The van der Waals surface area contributed by atoms with Gasteiger partial charge in [-0.2, -0.15) is 0 Å². The number of nitrogens with two attached hydrogens (primary N) is 4. The zero-order chi connectivity index (χ0) is 30.2. The molecular formula is C26H42N8O6. The molecule has 0 radical (unpaired) electrons. The molecule has 40 heavy (non-hydrogen) atoms. The van der Waals surface area contributed by atoms with E-state index in [0.717, 1.165) is 5.56 Å². The smallest absolute Gasteiger partial charge is 0.326 e. The molecule has 0 saturated carbocycles. The van der Waals surface area contributed by atoms with Crippen LogP contribution in [0.25, 0.3) is 0 Å². The second kappa shape index (κ2) is 17.4. The highest BCUT2D eigenvalue weighted by molar-refractivity contribution is 5.94. The van der Waals surface area contributed by atoms with Crippen molar-refractivity contribution in [3.8, 4) is 0 Å². The third kappa shape index (κ3) is 13.6. The Morgan fingerprint density at radius 3 is 1.98 bits per heavy atom. The molecule has 0 aliphatic heterocycles. The molecule has 0 heterocycles. The molecule has 4 unspecified atom stereocenters. The fourth-order valence-corrected chi connectivity index (χ4v) is 3.78. The molecule has 0 aromatic heterocycles. The van der Waals surface area contributed by atoms with Gasteiger partial charge in [-0.1, -0.05) is 44.2 Å². The van der Waals surface area contributed by atoms with Gasteiger partial charge < -0.3 is 44.0 Å². The van der Waals surface area contributed by atoms with Crippen LogP contribution in [0.4, 0.5) is 0 Å². The van der Waals surface area contributed by atoms with Gasteiger partial charge in [-0.3, -0.25) is 24.2 Å². The predicted molar refractivity (Wildman–Crippen MR) is 149 cm³/mol. The summed E-state index contributed by atoms with van der Waals surface area (Å²) in [4.78, 5) is 65.8. The van der Waals surface area contributed by atoms with Gasteiger partial charge in [-0.05, 0) is 37.2 Å². The summed E-state index contributed by atoms with van der Waals surface area (Å²) >= 11 is 0. The van der Waals surface area contributed by atoms with Crippen molar-refractivity contribution in [2.24, 2.45) is 33.8 Å². The van der Waals surface area contributed by atoms with E-state index in [1.807, 2.05) is 19.9 Å². The van der Waals surface area contributed by atoms with Gasteiger partial charge in [0.2, 0.25) is 23.6 Å². The lowest BCUT2D eigenvalue weighted by Crippen LogP contribution is -2.57. The third-order valence-corrected chi connectivity index (χ3v) is 5.85. The summed E-state index contributed by atoms with van der Waals surface area (Å²) in [6, 6.07) is 4.47. The molecule has 0 aliphatic rings. The number of carbonyl (C=O) groups is 5. The standard InChI is InChI=1S/C26H42N8O6/c1-15(2)13-19(23(37)32-18(25(39)40)10-11-21(28)35)34-24(38)20(14-16-7-4-3-5-8-16)33-22(36)17(27)9-6-12-31-26(29)30/h3-5,7-8,15,17-20H,6,9-14,27H2,1-2H3,(H2,28,35)(H,32,37)(H,33,36)(H,34,38)(H,39,40)(H4,29,30,31). The minimum Gasteiger partial charge on any atom is -0.480 e. The topological polar surface area (TPSA) is 258 Å². The molecule has 0 saturated heterocycles. The highest BCUT2D eigenvalue weighted by Crippen LogP contribution is 2.10. The average Bonchev–Trinajstić information content (AvgIpc) is 2.87. The van der Waals surface area contributed by atoms with E-state index in [1.54, 1.807) is 24.3 Å². The number of amides is 4. The number of nitrogens with zero attached hydrogens (tertiary/aromatic N) is 1. The number of nitrogens with one attached hydrogen (secondary N) is 3. The minimum absolute atomic E-state index is 0.0502. The van der Waals surface area contributed by atoms with Crippen LogP contribution in [0.5, 0.6) is 0 Å². The molecule has 0 spiro atoms. The Morgan fingerprint density at radius 1 is 0.850 bits per heavy atom. The lowest BCUT2D eigenvalue weighted by Gasteiger charge is -2.26. The first-order valence-electron chi connectivity index (χ1n) is 13.1. The van der Waals surface area contributed by atoms with Gasteiger partial charge in [-0.25, -0.2) is 4.79 Å². The van der Waals surface area contributed by atoms with Gasteiger partial charge in [0.25, 0.3) is 0 Å². The number of primary amides is 1. The Bertz CT molecular complexity index is 1030. The Kier molecular flexibility index (Phi) is 14.7. The molecule has 0 fully saturated rings. The van der Waals surface area contributed by atoms with E-state index in [-0.39, 0.29) is 44.0 Å². The Labute approximate surface area is 233 Å². The number of carbonyl (C=O) groups excluding carboxylic acids is 4. The second-order valence-corrected chi connectivity index (χ2v) is 9.90. The fourth-order valence-electron chi connectivity index (χ4n) is 3.78. The molecule has 0 bridgehead atoms. The van der Waals surface area contributed by atoms with Crippen LogP contribution in [0.2, 0.25) is 0 Å². The maximum absolute atomic E-state index is 13.4. The first kappa shape index (κ1) is 33.8. The van der Waals surface area contributed by atoms with E-state index in [2.05, 4.69) is 20.9 Å². The number of hydrogen-bond acceptors (Lipinski definition) is 7. The van der Waals surface area contributed by atoms with Gasteiger partial charge >= 0.3 is 5.97 Å². The van der Waals surface area contributed by atoms with E-state index in [9.17, 15) is 29.1 Å². The normalized spacial score (nSPS) is 13.8. The lowest BCUT2D eigenvalue weighted by atomic mass is 10.00. The van der Waals surface area contributed by atoms with E-state index < -0.39 is 53.8 Å². The van der Waals surface area contributed by atoms with Gasteiger partial charge in [0.05, 0.1) is 6.04 Å². The van der Waals surface area contributed by atoms with Crippen molar-refractivity contribution < 1.29 is 29.1 Å². The van der Waals surface area contributed by atoms with Crippen molar-refractivity contribution in [2.75, 3.05) is 6.54 Å². The van der Waals surface area contributed by atoms with Crippen LogP contribution in [0.15, 0.2) is 35.3 Å². The predicted octanol–water partition coefficient (Wildman–Crippen LogP) is -1.54. The van der Waals surface area contributed by atoms with Gasteiger partial charge in [-0.15, -0.1) is 0 Å². The highest BCUT2D eigenvalue weighted by atomic mass is 16.4. The Balaban J connectivity index is 3.05. The summed E-state index contributed by atoms with van der Waals surface area (Å²) in [6.45, 7) is 3.96. The van der Waals surface area contributed by atoms with E-state index in [0.29, 0.717) is 13.0 Å². The highest BCUT2D eigenvalue weighted by Gasteiger charge is 2.31. The lowest BCUT2D eigenvalue weighted by molar-refractivity contribution is -0.142. The second-order valence-electron chi connectivity index (χ2n) is 9.90. The van der Waals surface area contributed by atoms with Gasteiger partial charge in [0, 0.05) is 19.4 Å². The molecule has 1 aromatic carbocycles. The molecule has 4 atom stereocenters. The van der Waals surface area contributed by atoms with Crippen molar-refractivity contribution in [3.63, 3.8) is 0 Å². The average molecular weight is 563 g/mol. The summed E-state index contributed by atoms with van der Waals surface area (Å²) in [5, 5.41) is 17.1. The molecule has 222 valence electrons. The maximum atomic E-state index is 13.4. The summed E-state index contributed by atoms with van der Waals surface area (Å²) in [7, 11) is 0. The van der Waals surface area contributed by atoms with Crippen molar-refractivity contribution in [3.05, 3.63) is 35.9 Å². The number of rotatable bonds is 18. The summed E-state index contributed by atoms with van der Waals surface area (Å²) < 4.78 is 0. The quantitative estimate of drug-likeness (QED) is 0.0585. The molecular weight excluding hydrogens is 520 g/mol. The Hall–Kier alpha value is -4.20. The number of benzene rings is 1. The summed E-state index contributed by atoms with van der Waals surface area (Å²) in [5.41, 5.74) is 22.5. The van der Waals surface area contributed by atoms with E-state index in [1.165, 1.54) is 0 Å². The van der Waals surface area contributed by atoms with Crippen LogP contribution < -0.4 is 38.9 Å². The molecule has 4 amide bonds. The molecule has 12 N–H and O–H groups in total. The maximum Gasteiger partial charge on any atom is 0.326 e. The van der Waals surface area contributed by atoms with Gasteiger partial charge in [0.15, 0.2) is 5.96 Å². The summed E-state index contributed by atoms with van der Waals surface area (Å²) in [6.07, 6.45) is 0.575. The van der Waals surface area contributed by atoms with Crippen LogP contribution in [0.1, 0.15) is 51.5 Å². The zero-order valence-corrected chi connectivity index (χ0v) is 23.0. The zero-order valence-electron chi connectivity index (χ0n) is 23.0. The van der Waals surface area contributed by atoms with Crippen LogP contribution in [-0.4, -0.2) is 71.4 Å². The number of carboxylic acids is 1. The summed E-state index contributed by atoms with van der Waals surface area (Å²) in [5.74, 6) is -4.11. The van der Waals surface area contributed by atoms with Crippen LogP contribution in [0, 0.1) is 5.92 Å². The van der Waals surface area contributed by atoms with E-state index in [4.69, 9.17) is 22.9 Å². The SMILES string of the molecule is CC(C)CC(NC(=O)C(Cc1ccccc1)NC(=O)C(N)CCCN=C(N)N)C(=O)NC(CCC(N)=O)C(=O)O. The van der Waals surface area contributed by atoms with Gasteiger partial charge in [0.1, 0.15) is 18.1 Å². The van der Waals surface area contributed by atoms with Crippen molar-refractivity contribution >= 4 is 35.6 Å². The first-order valence-corrected chi connectivity index (χ1v) is 13.1. The molecule has 14 nitrogen and oxygen atoms in total. The van der Waals surface area contributed by atoms with Crippen molar-refractivity contribution in [1.82, 2.24) is 16.0 Å². The molecule has 14 heteroatoms. The first-order chi connectivity index (χ1) is 18.8. The van der Waals surface area contributed by atoms with Crippen LogP contribution in [-0.2, 0) is 30.4 Å². The van der Waals surface area contributed by atoms with Crippen molar-refractivity contribution in [1.29, 1.82) is 0 Å². The number of hydrogen-bond donors (Lipinski definition) is 8. The number of guanidine groups is 1. The molecule has 1 rings (SSSR count). The Morgan fingerprint density at radius 2 is 1.43 bits per heavy atom. The number of aliphatic imine (C=N–C) groups is 1.